The molecule has 4 nitrogen and oxygen atoms in total. The summed E-state index contributed by atoms with van der Waals surface area (Å²) in [6, 6.07) is 3.71. The number of carbonyl (C=O) groups is 1. The minimum atomic E-state index is -0.128. The van der Waals surface area contributed by atoms with Crippen molar-refractivity contribution in [1.29, 1.82) is 0 Å². The molecule has 0 radical (unpaired) electrons. The van der Waals surface area contributed by atoms with Crippen molar-refractivity contribution >= 4 is 17.7 Å². The van der Waals surface area contributed by atoms with E-state index in [2.05, 4.69) is 11.6 Å². The van der Waals surface area contributed by atoms with Crippen LogP contribution in [-0.4, -0.2) is 23.5 Å². The summed E-state index contributed by atoms with van der Waals surface area (Å²) in [5, 5.41) is 3.69. The van der Waals surface area contributed by atoms with Gasteiger partial charge in [-0.3, -0.25) is 4.79 Å². The van der Waals surface area contributed by atoms with E-state index in [1.807, 2.05) is 11.8 Å². The number of hydrogen-bond acceptors (Lipinski definition) is 4. The Morgan fingerprint density at radius 1 is 1.59 bits per heavy atom. The van der Waals surface area contributed by atoms with Crippen molar-refractivity contribution in [3.8, 4) is 0 Å². The van der Waals surface area contributed by atoms with Crippen molar-refractivity contribution in [2.24, 2.45) is 5.73 Å². The van der Waals surface area contributed by atoms with Crippen molar-refractivity contribution in [2.45, 2.75) is 37.1 Å². The molecule has 0 aromatic carbocycles. The Bertz CT molecular complexity index is 392. The minimum Gasteiger partial charge on any atom is -0.455 e. The first-order chi connectivity index (χ1) is 8.22. The maximum Gasteiger partial charge on any atom is 0.287 e. The van der Waals surface area contributed by atoms with Gasteiger partial charge in [0.2, 0.25) is 0 Å². The number of nitrogens with one attached hydrogen (secondary N) is 1. The molecule has 1 fully saturated rings. The normalized spacial score (nSPS) is 23.9. The molecule has 1 saturated carbocycles. The first-order valence-corrected chi connectivity index (χ1v) is 7.14. The van der Waals surface area contributed by atoms with Crippen molar-refractivity contribution in [1.82, 2.24) is 5.32 Å². The van der Waals surface area contributed by atoms with Crippen LogP contribution in [0.1, 0.15) is 35.6 Å². The molecule has 1 aliphatic carbocycles. The molecule has 1 aliphatic rings. The predicted molar refractivity (Wildman–Crippen MR) is 69.0 cm³/mol. The molecule has 17 heavy (non-hydrogen) atoms. The molecule has 1 amide bonds. The lowest BCUT2D eigenvalue weighted by Crippen LogP contribution is -2.32. The zero-order valence-electron chi connectivity index (χ0n) is 9.94. The third-order valence-corrected chi connectivity index (χ3v) is 4.23. The molecule has 2 rings (SSSR count). The first kappa shape index (κ1) is 12.5. The van der Waals surface area contributed by atoms with Crippen molar-refractivity contribution < 1.29 is 9.21 Å². The van der Waals surface area contributed by atoms with E-state index in [9.17, 15) is 4.79 Å². The lowest BCUT2D eigenvalue weighted by molar-refractivity contribution is 0.0908. The molecule has 1 aromatic rings. The number of nitrogens with two attached hydrogens (primary N) is 1. The molecule has 94 valence electrons. The summed E-state index contributed by atoms with van der Waals surface area (Å²) in [5.41, 5.74) is 5.43. The Morgan fingerprint density at radius 2 is 2.41 bits per heavy atom. The summed E-state index contributed by atoms with van der Waals surface area (Å²) >= 11 is 1.88. The highest BCUT2D eigenvalue weighted by atomic mass is 32.2. The average Bonchev–Trinajstić information content (AvgIpc) is 2.96. The van der Waals surface area contributed by atoms with Crippen molar-refractivity contribution in [3.05, 3.63) is 23.7 Å². The topological polar surface area (TPSA) is 68.3 Å². The Morgan fingerprint density at radius 3 is 3.00 bits per heavy atom. The SMILES string of the molecule is CSC1CCC(NC(=O)c2ccc(CN)o2)C1. The van der Waals surface area contributed by atoms with E-state index in [1.165, 1.54) is 6.42 Å². The summed E-state index contributed by atoms with van der Waals surface area (Å²) in [6.45, 7) is 0.325. The molecule has 0 aliphatic heterocycles. The lowest BCUT2D eigenvalue weighted by Gasteiger charge is -2.11. The second-order valence-corrected chi connectivity index (χ2v) is 5.45. The molecular formula is C12H18N2O2S. The van der Waals surface area contributed by atoms with Crippen LogP contribution in [-0.2, 0) is 6.54 Å². The zero-order chi connectivity index (χ0) is 12.3. The molecule has 2 unspecified atom stereocenters. The lowest BCUT2D eigenvalue weighted by atomic mass is 10.2. The highest BCUT2D eigenvalue weighted by Gasteiger charge is 2.26. The maximum atomic E-state index is 11.9. The number of amides is 1. The smallest absolute Gasteiger partial charge is 0.287 e. The van der Waals surface area contributed by atoms with Gasteiger partial charge in [0.1, 0.15) is 5.76 Å². The van der Waals surface area contributed by atoms with E-state index >= 15 is 0 Å². The third kappa shape index (κ3) is 3.04. The van der Waals surface area contributed by atoms with Gasteiger partial charge in [-0.25, -0.2) is 0 Å². The summed E-state index contributed by atoms with van der Waals surface area (Å²) in [6.07, 6.45) is 5.41. The molecule has 1 aromatic heterocycles. The highest BCUT2D eigenvalue weighted by Crippen LogP contribution is 2.28. The van der Waals surface area contributed by atoms with Crippen LogP contribution >= 0.6 is 11.8 Å². The number of carbonyl (C=O) groups excluding carboxylic acids is 1. The predicted octanol–water partition coefficient (Wildman–Crippen LogP) is 1.75. The van der Waals surface area contributed by atoms with Gasteiger partial charge in [0.15, 0.2) is 5.76 Å². The van der Waals surface area contributed by atoms with Crippen LogP contribution < -0.4 is 11.1 Å². The van der Waals surface area contributed by atoms with Gasteiger partial charge in [-0.05, 0) is 37.7 Å². The Labute approximate surface area is 105 Å². The molecule has 1 heterocycles. The highest BCUT2D eigenvalue weighted by molar-refractivity contribution is 7.99. The fourth-order valence-electron chi connectivity index (χ4n) is 2.15. The second-order valence-electron chi connectivity index (χ2n) is 4.31. The van der Waals surface area contributed by atoms with Crippen LogP contribution in [0.5, 0.6) is 0 Å². The van der Waals surface area contributed by atoms with Crippen LogP contribution in [0.25, 0.3) is 0 Å². The van der Waals surface area contributed by atoms with Crippen LogP contribution in [0.3, 0.4) is 0 Å². The maximum absolute atomic E-state index is 11.9. The zero-order valence-corrected chi connectivity index (χ0v) is 10.8. The molecule has 2 atom stereocenters. The monoisotopic (exact) mass is 254 g/mol. The van der Waals surface area contributed by atoms with E-state index in [4.69, 9.17) is 10.2 Å². The third-order valence-electron chi connectivity index (χ3n) is 3.14. The number of thioether (sulfide) groups is 1. The quantitative estimate of drug-likeness (QED) is 0.859. The van der Waals surface area contributed by atoms with E-state index in [0.29, 0.717) is 23.3 Å². The Hall–Kier alpha value is -0.940. The van der Waals surface area contributed by atoms with E-state index in [-0.39, 0.29) is 11.9 Å². The summed E-state index contributed by atoms with van der Waals surface area (Å²) in [5.74, 6) is 0.873. The van der Waals surface area contributed by atoms with Crippen LogP contribution in [0, 0.1) is 0 Å². The van der Waals surface area contributed by atoms with Crippen molar-refractivity contribution in [2.75, 3.05) is 6.26 Å². The van der Waals surface area contributed by atoms with E-state index in [0.717, 1.165) is 12.8 Å². The van der Waals surface area contributed by atoms with Gasteiger partial charge in [-0.15, -0.1) is 0 Å². The fraction of sp³-hybridized carbons (Fsp3) is 0.583. The second kappa shape index (κ2) is 5.60. The Balaban J connectivity index is 1.89. The molecule has 5 heteroatoms. The van der Waals surface area contributed by atoms with Crippen LogP contribution in [0.15, 0.2) is 16.5 Å². The molecule has 0 spiro atoms. The van der Waals surface area contributed by atoms with Gasteiger partial charge in [-0.1, -0.05) is 0 Å². The van der Waals surface area contributed by atoms with Gasteiger partial charge in [0.25, 0.3) is 5.91 Å². The van der Waals surface area contributed by atoms with Gasteiger partial charge in [-0.2, -0.15) is 11.8 Å². The van der Waals surface area contributed by atoms with E-state index < -0.39 is 0 Å². The van der Waals surface area contributed by atoms with Crippen LogP contribution in [0.4, 0.5) is 0 Å². The summed E-state index contributed by atoms with van der Waals surface area (Å²) in [4.78, 5) is 11.9. The molecule has 0 saturated heterocycles. The largest absolute Gasteiger partial charge is 0.455 e. The van der Waals surface area contributed by atoms with Crippen LogP contribution in [0.2, 0.25) is 0 Å². The van der Waals surface area contributed by atoms with Gasteiger partial charge in [0.05, 0.1) is 6.54 Å². The Kier molecular flexibility index (Phi) is 4.12. The fourth-order valence-corrected chi connectivity index (χ4v) is 2.95. The molecular weight excluding hydrogens is 236 g/mol. The molecule has 3 N–H and O–H groups in total. The van der Waals surface area contributed by atoms with E-state index in [1.54, 1.807) is 12.1 Å². The summed E-state index contributed by atoms with van der Waals surface area (Å²) < 4.78 is 5.32. The van der Waals surface area contributed by atoms with Crippen molar-refractivity contribution in [3.63, 3.8) is 0 Å². The van der Waals surface area contributed by atoms with Gasteiger partial charge < -0.3 is 15.5 Å². The minimum absolute atomic E-state index is 0.128. The standard InChI is InChI=1S/C12H18N2O2S/c1-17-10-4-2-8(6-10)14-12(15)11-5-3-9(7-13)16-11/h3,5,8,10H,2,4,6-7,13H2,1H3,(H,14,15). The van der Waals surface area contributed by atoms with Gasteiger partial charge >= 0.3 is 0 Å². The summed E-state index contributed by atoms with van der Waals surface area (Å²) in [7, 11) is 0. The number of hydrogen-bond donors (Lipinski definition) is 2. The number of rotatable bonds is 4. The average molecular weight is 254 g/mol. The first-order valence-electron chi connectivity index (χ1n) is 5.85. The number of furan rings is 1. The van der Waals surface area contributed by atoms with Gasteiger partial charge in [0, 0.05) is 11.3 Å². The molecule has 0 bridgehead atoms.